The van der Waals surface area contributed by atoms with Gasteiger partial charge >= 0.3 is 0 Å². The zero-order valence-electron chi connectivity index (χ0n) is 17.6. The van der Waals surface area contributed by atoms with E-state index in [1.807, 2.05) is 42.6 Å². The zero-order valence-corrected chi connectivity index (χ0v) is 20.0. The normalized spacial score (nSPS) is 12.7. The highest BCUT2D eigenvalue weighted by molar-refractivity contribution is 7.89. The zero-order chi connectivity index (χ0) is 21.9. The number of benzene rings is 2. The minimum atomic E-state index is -3.64. The van der Waals surface area contributed by atoms with Crippen molar-refractivity contribution in [2.75, 3.05) is 14.1 Å². The van der Waals surface area contributed by atoms with Crippen molar-refractivity contribution in [1.82, 2.24) is 8.87 Å². The molecule has 0 saturated carbocycles. The van der Waals surface area contributed by atoms with E-state index in [-0.39, 0.29) is 9.92 Å². The molecule has 160 valence electrons. The first kappa shape index (κ1) is 22.7. The Morgan fingerprint density at radius 3 is 2.57 bits per heavy atom. The van der Waals surface area contributed by atoms with Crippen molar-refractivity contribution in [3.63, 3.8) is 0 Å². The molecule has 0 radical (unpaired) electrons. The number of aryl methyl sites for hydroxylation is 1. The molecular formula is C22H26ClN3O2S2. The number of aromatic nitrogens is 1. The fraction of sp³-hybridized carbons (Fsp3) is 0.318. The van der Waals surface area contributed by atoms with Gasteiger partial charge in [-0.05, 0) is 37.1 Å². The Labute approximate surface area is 187 Å². The monoisotopic (exact) mass is 463 g/mol. The van der Waals surface area contributed by atoms with Crippen LogP contribution in [-0.4, -0.2) is 31.4 Å². The number of nitrogens with zero attached hydrogens (tertiary/aromatic N) is 3. The number of sulfonamides is 1. The Balaban J connectivity index is 2.18. The van der Waals surface area contributed by atoms with Gasteiger partial charge in [0.15, 0.2) is 4.80 Å². The van der Waals surface area contributed by atoms with Crippen LogP contribution in [0, 0.1) is 6.92 Å². The summed E-state index contributed by atoms with van der Waals surface area (Å²) in [4.78, 5) is 5.88. The average molecular weight is 464 g/mol. The summed E-state index contributed by atoms with van der Waals surface area (Å²) in [6.45, 7) is 4.99. The van der Waals surface area contributed by atoms with Gasteiger partial charge < -0.3 is 4.57 Å². The van der Waals surface area contributed by atoms with Crippen LogP contribution >= 0.6 is 22.9 Å². The predicted molar refractivity (Wildman–Crippen MR) is 125 cm³/mol. The van der Waals surface area contributed by atoms with Crippen molar-refractivity contribution >= 4 is 38.6 Å². The van der Waals surface area contributed by atoms with Gasteiger partial charge in [-0.15, -0.1) is 11.3 Å². The second kappa shape index (κ2) is 9.47. The second-order valence-corrected chi connectivity index (χ2v) is 10.6. The fourth-order valence-corrected chi connectivity index (χ4v) is 5.37. The van der Waals surface area contributed by atoms with Crippen LogP contribution in [0.1, 0.15) is 25.3 Å². The predicted octanol–water partition coefficient (Wildman–Crippen LogP) is 5.46. The first-order chi connectivity index (χ1) is 14.3. The average Bonchev–Trinajstić information content (AvgIpc) is 3.10. The number of rotatable bonds is 7. The van der Waals surface area contributed by atoms with Crippen LogP contribution < -0.4 is 4.80 Å². The topological polar surface area (TPSA) is 54.7 Å². The van der Waals surface area contributed by atoms with E-state index in [0.29, 0.717) is 0 Å². The van der Waals surface area contributed by atoms with Crippen LogP contribution in [0.5, 0.6) is 0 Å². The molecular weight excluding hydrogens is 438 g/mol. The number of unbranched alkanes of at least 4 members (excludes halogenated alkanes) is 1. The maximum absolute atomic E-state index is 12.7. The van der Waals surface area contributed by atoms with Crippen molar-refractivity contribution in [1.29, 1.82) is 0 Å². The third-order valence-electron chi connectivity index (χ3n) is 4.85. The van der Waals surface area contributed by atoms with E-state index >= 15 is 0 Å². The minimum Gasteiger partial charge on any atom is -0.316 e. The van der Waals surface area contributed by atoms with Gasteiger partial charge in [-0.1, -0.05) is 49.2 Å². The largest absolute Gasteiger partial charge is 0.316 e. The van der Waals surface area contributed by atoms with E-state index in [2.05, 4.69) is 11.5 Å². The van der Waals surface area contributed by atoms with Crippen LogP contribution in [0.2, 0.25) is 5.02 Å². The van der Waals surface area contributed by atoms with Crippen molar-refractivity contribution in [3.8, 4) is 11.3 Å². The Kier molecular flexibility index (Phi) is 7.18. The molecule has 1 heterocycles. The molecule has 1 aromatic heterocycles. The molecule has 8 heteroatoms. The van der Waals surface area contributed by atoms with Crippen LogP contribution in [0.25, 0.3) is 11.3 Å². The summed E-state index contributed by atoms with van der Waals surface area (Å²) in [5.41, 5.74) is 3.79. The molecule has 0 aliphatic carbocycles. The Morgan fingerprint density at radius 1 is 1.17 bits per heavy atom. The van der Waals surface area contributed by atoms with Gasteiger partial charge in [-0.25, -0.2) is 17.7 Å². The molecule has 0 spiro atoms. The van der Waals surface area contributed by atoms with Crippen molar-refractivity contribution < 1.29 is 8.42 Å². The van der Waals surface area contributed by atoms with E-state index in [0.717, 1.165) is 46.7 Å². The lowest BCUT2D eigenvalue weighted by Gasteiger charge is -2.15. The lowest BCUT2D eigenvalue weighted by atomic mass is 10.1. The van der Waals surface area contributed by atoms with E-state index in [1.165, 1.54) is 18.4 Å². The maximum atomic E-state index is 12.7. The van der Waals surface area contributed by atoms with Gasteiger partial charge in [0.25, 0.3) is 0 Å². The number of hydrogen-bond donors (Lipinski definition) is 0. The summed E-state index contributed by atoms with van der Waals surface area (Å²) in [7, 11) is -0.636. The minimum absolute atomic E-state index is 0.109. The molecule has 3 aromatic rings. The van der Waals surface area contributed by atoms with Gasteiger partial charge in [0, 0.05) is 31.6 Å². The quantitative estimate of drug-likeness (QED) is 0.467. The summed E-state index contributed by atoms with van der Waals surface area (Å²) in [5, 5.41) is 2.25. The van der Waals surface area contributed by atoms with E-state index in [4.69, 9.17) is 16.6 Å². The van der Waals surface area contributed by atoms with Gasteiger partial charge in [-0.2, -0.15) is 0 Å². The summed E-state index contributed by atoms with van der Waals surface area (Å²) in [6.07, 6.45) is 2.05. The smallest absolute Gasteiger partial charge is 0.244 e. The molecule has 0 bridgehead atoms. The Morgan fingerprint density at radius 2 is 1.90 bits per heavy atom. The highest BCUT2D eigenvalue weighted by Crippen LogP contribution is 2.30. The fourth-order valence-electron chi connectivity index (χ4n) is 3.03. The van der Waals surface area contributed by atoms with Crippen LogP contribution in [-0.2, 0) is 16.6 Å². The molecule has 30 heavy (non-hydrogen) atoms. The lowest BCUT2D eigenvalue weighted by Crippen LogP contribution is -2.22. The molecule has 0 amide bonds. The first-order valence-corrected chi connectivity index (χ1v) is 12.5. The standard InChI is InChI=1S/C22H26ClN3O2S2/c1-5-6-13-26-20(15-29-22(26)24-19-10-8-7-9-16(19)2)17-11-12-18(23)21(14-17)30(27,28)25(3)4/h7-12,14-15H,5-6,13H2,1-4H3/b24-22+. The molecule has 2 aromatic carbocycles. The van der Waals surface area contributed by atoms with Crippen molar-refractivity contribution in [2.45, 2.75) is 38.1 Å². The summed E-state index contributed by atoms with van der Waals surface area (Å²) >= 11 is 7.79. The van der Waals surface area contributed by atoms with Gasteiger partial charge in [-0.3, -0.25) is 0 Å². The molecule has 0 aliphatic rings. The van der Waals surface area contributed by atoms with Crippen LogP contribution in [0.15, 0.2) is 57.7 Å². The van der Waals surface area contributed by atoms with Crippen molar-refractivity contribution in [3.05, 3.63) is 63.2 Å². The van der Waals surface area contributed by atoms with E-state index in [9.17, 15) is 8.42 Å². The number of thiazole rings is 1. The van der Waals surface area contributed by atoms with Crippen molar-refractivity contribution in [2.24, 2.45) is 4.99 Å². The SMILES string of the molecule is CCCCn1c(-c2ccc(Cl)c(S(=O)(=O)N(C)C)c2)cs/c1=N/c1ccccc1C. The summed E-state index contributed by atoms with van der Waals surface area (Å²) < 4.78 is 28.7. The van der Waals surface area contributed by atoms with Gasteiger partial charge in [0.1, 0.15) is 4.90 Å². The summed E-state index contributed by atoms with van der Waals surface area (Å²) in [5.74, 6) is 0. The Bertz CT molecular complexity index is 1210. The molecule has 0 fully saturated rings. The molecule has 3 rings (SSSR count). The lowest BCUT2D eigenvalue weighted by molar-refractivity contribution is 0.521. The molecule has 0 N–H and O–H groups in total. The summed E-state index contributed by atoms with van der Waals surface area (Å²) in [6, 6.07) is 13.2. The third kappa shape index (κ3) is 4.70. The Hall–Kier alpha value is -1.93. The molecule has 0 atom stereocenters. The highest BCUT2D eigenvalue weighted by Gasteiger charge is 2.22. The molecule has 5 nitrogen and oxygen atoms in total. The number of para-hydroxylation sites is 1. The first-order valence-electron chi connectivity index (χ1n) is 9.77. The number of halogens is 1. The van der Waals surface area contributed by atoms with Crippen LogP contribution in [0.3, 0.4) is 0 Å². The number of hydrogen-bond acceptors (Lipinski definition) is 4. The van der Waals surface area contributed by atoms with Crippen LogP contribution in [0.4, 0.5) is 5.69 Å². The molecule has 0 unspecified atom stereocenters. The maximum Gasteiger partial charge on any atom is 0.244 e. The van der Waals surface area contributed by atoms with Gasteiger partial charge in [0.05, 0.1) is 16.4 Å². The molecule has 0 aliphatic heterocycles. The van der Waals surface area contributed by atoms with Gasteiger partial charge in [0.2, 0.25) is 10.0 Å². The highest BCUT2D eigenvalue weighted by atomic mass is 35.5. The molecule has 0 saturated heterocycles. The second-order valence-electron chi connectivity index (χ2n) is 7.24. The van der Waals surface area contributed by atoms with E-state index in [1.54, 1.807) is 23.5 Å². The van der Waals surface area contributed by atoms with E-state index < -0.39 is 10.0 Å². The third-order valence-corrected chi connectivity index (χ3v) is 8.01.